The molecule has 0 aromatic carbocycles. The zero-order valence-corrected chi connectivity index (χ0v) is 22.8. The van der Waals surface area contributed by atoms with Gasteiger partial charge < -0.3 is 60.3 Å². The second kappa shape index (κ2) is 22.9. The molecule has 2 nitrogen and oxygen atoms in total. The van der Waals surface area contributed by atoms with Gasteiger partial charge >= 0.3 is 19.5 Å². The molecule has 7 heteroatoms. The number of rotatable bonds is 12. The van der Waals surface area contributed by atoms with Crippen LogP contribution in [0.5, 0.6) is 0 Å². The van der Waals surface area contributed by atoms with Gasteiger partial charge in [0.1, 0.15) is 0 Å². The quantitative estimate of drug-likeness (QED) is 0.228. The van der Waals surface area contributed by atoms with Crippen LogP contribution in [0.15, 0.2) is 0 Å². The standard InChI is InChI=1S/2C9H19NS2.Zn/c2*1-3-5-6-8(4-2)7-10-9(11)12;/h2*8H,3-7H2,1-2H3,(H2,10,11,12);/q;;+2/p-2. The zero-order valence-electron chi connectivity index (χ0n) is 16.6. The van der Waals surface area contributed by atoms with Crippen molar-refractivity contribution in [1.82, 2.24) is 10.6 Å². The minimum atomic E-state index is 0. The molecule has 0 rings (SSSR count). The van der Waals surface area contributed by atoms with Crippen LogP contribution in [0.4, 0.5) is 0 Å². The first-order valence-corrected chi connectivity index (χ1v) is 10.9. The molecular weight excluding hydrogens is 438 g/mol. The summed E-state index contributed by atoms with van der Waals surface area (Å²) in [5.74, 6) is 1.48. The molecule has 0 aliphatic heterocycles. The molecule has 0 radical (unpaired) electrons. The van der Waals surface area contributed by atoms with Crippen LogP contribution in [0.25, 0.3) is 0 Å². The Balaban J connectivity index is -0.000000372. The molecule has 0 heterocycles. The van der Waals surface area contributed by atoms with Crippen LogP contribution in [0.2, 0.25) is 0 Å². The Labute approximate surface area is 191 Å². The third-order valence-corrected chi connectivity index (χ3v) is 4.73. The molecule has 2 N–H and O–H groups in total. The molecule has 144 valence electrons. The van der Waals surface area contributed by atoms with E-state index < -0.39 is 0 Å². The number of hydrogen-bond acceptors (Lipinski definition) is 4. The van der Waals surface area contributed by atoms with Crippen molar-refractivity contribution in [3.05, 3.63) is 0 Å². The number of hydrogen-bond donors (Lipinski definition) is 2. The van der Waals surface area contributed by atoms with Gasteiger partial charge in [-0.15, -0.1) is 0 Å². The maximum Gasteiger partial charge on any atom is 2.00 e. The Morgan fingerprint density at radius 1 is 0.760 bits per heavy atom. The summed E-state index contributed by atoms with van der Waals surface area (Å²) >= 11 is 19.1. The molecule has 0 saturated carbocycles. The monoisotopic (exact) mass is 472 g/mol. The van der Waals surface area contributed by atoms with Crippen LogP contribution in [-0.4, -0.2) is 21.7 Å². The van der Waals surface area contributed by atoms with Crippen molar-refractivity contribution in [3.63, 3.8) is 0 Å². The number of nitrogens with one attached hydrogen (secondary N) is 2. The van der Waals surface area contributed by atoms with E-state index in [1.165, 1.54) is 51.4 Å². The molecule has 25 heavy (non-hydrogen) atoms. The van der Waals surface area contributed by atoms with Gasteiger partial charge in [-0.05, 0) is 24.7 Å². The van der Waals surface area contributed by atoms with Gasteiger partial charge in [-0.2, -0.15) is 0 Å². The van der Waals surface area contributed by atoms with Crippen LogP contribution < -0.4 is 10.6 Å². The summed E-state index contributed by atoms with van der Waals surface area (Å²) in [6, 6.07) is 0. The summed E-state index contributed by atoms with van der Waals surface area (Å²) in [5, 5.41) is 6.10. The summed E-state index contributed by atoms with van der Waals surface area (Å²) in [7, 11) is 0. The van der Waals surface area contributed by atoms with Crippen LogP contribution >= 0.6 is 24.4 Å². The molecule has 2 atom stereocenters. The van der Waals surface area contributed by atoms with Crippen molar-refractivity contribution in [1.29, 1.82) is 0 Å². The topological polar surface area (TPSA) is 24.1 Å². The molecule has 0 aromatic heterocycles. The van der Waals surface area contributed by atoms with Crippen molar-refractivity contribution < 1.29 is 19.5 Å². The summed E-state index contributed by atoms with van der Waals surface area (Å²) in [6.07, 6.45) is 10.2. The summed E-state index contributed by atoms with van der Waals surface area (Å²) in [4.78, 5) is 0. The average Bonchev–Trinajstić information content (AvgIpc) is 2.55. The normalized spacial score (nSPS) is 12.0. The maximum absolute atomic E-state index is 4.78. The molecule has 2 unspecified atom stereocenters. The van der Waals surface area contributed by atoms with Crippen LogP contribution in [0.3, 0.4) is 0 Å². The van der Waals surface area contributed by atoms with Gasteiger partial charge in [-0.3, -0.25) is 0 Å². The Hall–Kier alpha value is 0.843. The molecule has 0 amide bonds. The van der Waals surface area contributed by atoms with Crippen molar-refractivity contribution in [2.75, 3.05) is 13.1 Å². The predicted octanol–water partition coefficient (Wildman–Crippen LogP) is 5.25. The van der Waals surface area contributed by atoms with Gasteiger partial charge in [0.05, 0.1) is 0 Å². The van der Waals surface area contributed by atoms with E-state index in [1.807, 2.05) is 0 Å². The number of unbranched alkanes of at least 4 members (excludes halogenated alkanes) is 2. The van der Waals surface area contributed by atoms with E-state index in [1.54, 1.807) is 0 Å². The molecule has 0 aliphatic carbocycles. The summed E-state index contributed by atoms with van der Waals surface area (Å²) < 4.78 is 1.01. The van der Waals surface area contributed by atoms with E-state index >= 15 is 0 Å². The Morgan fingerprint density at radius 3 is 1.28 bits per heavy atom. The fourth-order valence-corrected chi connectivity index (χ4v) is 2.68. The minimum absolute atomic E-state index is 0. The smallest absolute Gasteiger partial charge is 0.412 e. The third-order valence-electron chi connectivity index (χ3n) is 4.16. The molecule has 0 saturated heterocycles. The SMILES string of the molecule is CCCCC(CC)CNC(=S)[S-].CCCCC(CC)CNC(=S)[S-].[Zn+2]. The van der Waals surface area contributed by atoms with Crippen molar-refractivity contribution in [2.45, 2.75) is 79.1 Å². The van der Waals surface area contributed by atoms with Crippen LogP contribution in [0.1, 0.15) is 79.1 Å². The summed E-state index contributed by atoms with van der Waals surface area (Å²) in [5.41, 5.74) is 0. The molecular formula is C18H36N2S4Zn. The van der Waals surface area contributed by atoms with Gasteiger partial charge in [-0.25, -0.2) is 0 Å². The molecule has 0 bridgehead atoms. The predicted molar refractivity (Wildman–Crippen MR) is 123 cm³/mol. The average molecular weight is 474 g/mol. The van der Waals surface area contributed by atoms with Gasteiger partial charge in [-0.1, -0.05) is 74.9 Å². The maximum atomic E-state index is 4.78. The van der Waals surface area contributed by atoms with Crippen LogP contribution in [0, 0.1) is 11.8 Å². The van der Waals surface area contributed by atoms with Gasteiger partial charge in [0.2, 0.25) is 0 Å². The fraction of sp³-hybridized carbons (Fsp3) is 0.889. The van der Waals surface area contributed by atoms with Gasteiger partial charge in [0.25, 0.3) is 0 Å². The van der Waals surface area contributed by atoms with E-state index in [9.17, 15) is 0 Å². The van der Waals surface area contributed by atoms with Gasteiger partial charge in [0, 0.05) is 13.1 Å². The van der Waals surface area contributed by atoms with E-state index in [-0.39, 0.29) is 19.5 Å². The second-order valence-electron chi connectivity index (χ2n) is 6.17. The number of thiocarbonyl (C=S) groups is 2. The molecule has 0 aliphatic rings. The molecule has 0 fully saturated rings. The minimum Gasteiger partial charge on any atom is -0.412 e. The van der Waals surface area contributed by atoms with Crippen molar-refractivity contribution in [2.24, 2.45) is 11.8 Å². The second-order valence-corrected chi connectivity index (χ2v) is 8.32. The van der Waals surface area contributed by atoms with Crippen LogP contribution in [-0.2, 0) is 44.7 Å². The van der Waals surface area contributed by atoms with E-state index in [2.05, 4.69) is 38.3 Å². The Morgan fingerprint density at radius 2 is 1.08 bits per heavy atom. The zero-order chi connectivity index (χ0) is 18.8. The van der Waals surface area contributed by atoms with E-state index in [4.69, 9.17) is 49.7 Å². The first-order valence-electron chi connectivity index (χ1n) is 9.30. The van der Waals surface area contributed by atoms with E-state index in [0.29, 0.717) is 8.64 Å². The van der Waals surface area contributed by atoms with E-state index in [0.717, 1.165) is 24.9 Å². The Bertz CT molecular complexity index is 287. The van der Waals surface area contributed by atoms with Gasteiger partial charge in [0.15, 0.2) is 0 Å². The summed E-state index contributed by atoms with van der Waals surface area (Å²) in [6.45, 7) is 10.8. The third kappa shape index (κ3) is 24.8. The molecule has 0 aromatic rings. The first-order chi connectivity index (χ1) is 11.4. The Kier molecular flexibility index (Phi) is 28.0. The largest absolute Gasteiger partial charge is 2.00 e. The fourth-order valence-electron chi connectivity index (χ4n) is 2.34. The first kappa shape index (κ1) is 30.6. The van der Waals surface area contributed by atoms with Crippen molar-refractivity contribution in [3.8, 4) is 0 Å². The van der Waals surface area contributed by atoms with Crippen molar-refractivity contribution >= 4 is 58.3 Å². The molecule has 0 spiro atoms.